The number of phenols is 1. The number of allylic oxidation sites excluding steroid dienone is 3. The number of fused-ring (bicyclic) bond motifs is 5. The van der Waals surface area contributed by atoms with E-state index >= 15 is 0 Å². The first-order valence-electron chi connectivity index (χ1n) is 9.34. The lowest BCUT2D eigenvalue weighted by atomic mass is 9.56. The minimum absolute atomic E-state index is 0.387. The molecular weight excluding hydrogens is 280 g/mol. The first kappa shape index (κ1) is 15.1. The maximum Gasteiger partial charge on any atom is 0.116 e. The lowest BCUT2D eigenvalue weighted by Gasteiger charge is -2.47. The first-order valence-corrected chi connectivity index (χ1v) is 9.34. The molecule has 2 saturated carbocycles. The summed E-state index contributed by atoms with van der Waals surface area (Å²) in [6, 6.07) is 5.96. The van der Waals surface area contributed by atoms with E-state index in [0.717, 1.165) is 5.92 Å². The molecule has 1 heteroatoms. The summed E-state index contributed by atoms with van der Waals surface area (Å²) >= 11 is 0. The molecule has 1 aromatic carbocycles. The molecule has 0 amide bonds. The van der Waals surface area contributed by atoms with Crippen LogP contribution in [0.25, 0.3) is 6.08 Å². The summed E-state index contributed by atoms with van der Waals surface area (Å²) in [6.45, 7) is 4.81. The van der Waals surface area contributed by atoms with Gasteiger partial charge >= 0.3 is 0 Å². The van der Waals surface area contributed by atoms with E-state index in [1.54, 1.807) is 5.57 Å². The van der Waals surface area contributed by atoms with Gasteiger partial charge in [0, 0.05) is 0 Å². The smallest absolute Gasteiger partial charge is 0.116 e. The van der Waals surface area contributed by atoms with Gasteiger partial charge in [-0.3, -0.25) is 0 Å². The second-order valence-corrected chi connectivity index (χ2v) is 7.98. The van der Waals surface area contributed by atoms with Gasteiger partial charge in [-0.05, 0) is 78.5 Å². The minimum Gasteiger partial charge on any atom is -0.508 e. The van der Waals surface area contributed by atoms with Crippen molar-refractivity contribution in [1.29, 1.82) is 0 Å². The van der Waals surface area contributed by atoms with Crippen LogP contribution in [0.15, 0.2) is 35.9 Å². The average molecular weight is 308 g/mol. The second kappa shape index (κ2) is 5.54. The summed E-state index contributed by atoms with van der Waals surface area (Å²) in [6.07, 6.45) is 15.0. The van der Waals surface area contributed by atoms with Crippen molar-refractivity contribution in [2.45, 2.75) is 58.3 Å². The Balaban J connectivity index is 1.67. The van der Waals surface area contributed by atoms with Crippen LogP contribution in [0.5, 0.6) is 5.75 Å². The summed E-state index contributed by atoms with van der Waals surface area (Å²) in [7, 11) is 0. The third-order valence-electron chi connectivity index (χ3n) is 6.83. The SMILES string of the molecule is CCCC=C1CC[C@H]2[C@@H]3C=Cc4cc(O)ccc4[C@H]3CC[C@]12C. The Hall–Kier alpha value is -1.50. The minimum atomic E-state index is 0.387. The Bertz CT molecular complexity index is 669. The zero-order chi connectivity index (χ0) is 16.0. The molecule has 3 aliphatic carbocycles. The van der Waals surface area contributed by atoms with Crippen LogP contribution in [-0.2, 0) is 0 Å². The molecule has 0 saturated heterocycles. The molecule has 4 atom stereocenters. The summed E-state index contributed by atoms with van der Waals surface area (Å²) in [5, 5.41) is 9.75. The van der Waals surface area contributed by atoms with Crippen molar-refractivity contribution in [3.8, 4) is 5.75 Å². The Morgan fingerprint density at radius 3 is 3.00 bits per heavy atom. The molecule has 3 aliphatic rings. The van der Waals surface area contributed by atoms with E-state index in [-0.39, 0.29) is 0 Å². The Kier molecular flexibility index (Phi) is 3.63. The molecule has 0 radical (unpaired) electrons. The molecule has 23 heavy (non-hydrogen) atoms. The number of benzene rings is 1. The van der Waals surface area contributed by atoms with E-state index in [1.165, 1.54) is 49.7 Å². The van der Waals surface area contributed by atoms with E-state index in [2.05, 4.69) is 38.1 Å². The van der Waals surface area contributed by atoms with Crippen molar-refractivity contribution < 1.29 is 5.11 Å². The van der Waals surface area contributed by atoms with Gasteiger partial charge in [0.2, 0.25) is 0 Å². The number of rotatable bonds is 2. The van der Waals surface area contributed by atoms with Gasteiger partial charge in [0.15, 0.2) is 0 Å². The number of unbranched alkanes of at least 4 members (excludes halogenated alkanes) is 1. The largest absolute Gasteiger partial charge is 0.508 e. The van der Waals surface area contributed by atoms with Gasteiger partial charge < -0.3 is 5.11 Å². The van der Waals surface area contributed by atoms with Gasteiger partial charge in [-0.15, -0.1) is 0 Å². The molecule has 4 rings (SSSR count). The van der Waals surface area contributed by atoms with Crippen molar-refractivity contribution in [2.75, 3.05) is 0 Å². The van der Waals surface area contributed by atoms with Crippen LogP contribution < -0.4 is 0 Å². The number of aromatic hydroxyl groups is 1. The van der Waals surface area contributed by atoms with Crippen LogP contribution in [0, 0.1) is 17.3 Å². The predicted molar refractivity (Wildman–Crippen MR) is 96.4 cm³/mol. The zero-order valence-electron chi connectivity index (χ0n) is 14.4. The molecule has 1 nitrogen and oxygen atoms in total. The van der Waals surface area contributed by atoms with Crippen molar-refractivity contribution in [3.05, 3.63) is 47.1 Å². The maximum absolute atomic E-state index is 9.75. The number of phenolic OH excluding ortho intramolecular Hbond substituents is 1. The van der Waals surface area contributed by atoms with Crippen LogP contribution in [0.3, 0.4) is 0 Å². The van der Waals surface area contributed by atoms with Crippen LogP contribution >= 0.6 is 0 Å². The lowest BCUT2D eigenvalue weighted by Crippen LogP contribution is -2.38. The number of hydrogen-bond donors (Lipinski definition) is 1. The molecule has 0 heterocycles. The van der Waals surface area contributed by atoms with Gasteiger partial charge in [-0.25, -0.2) is 0 Å². The van der Waals surface area contributed by atoms with E-state index in [0.29, 0.717) is 23.0 Å². The van der Waals surface area contributed by atoms with Gasteiger partial charge in [0.1, 0.15) is 5.75 Å². The third-order valence-corrected chi connectivity index (χ3v) is 6.83. The molecule has 1 aromatic rings. The molecule has 0 spiro atoms. The van der Waals surface area contributed by atoms with Gasteiger partial charge in [-0.1, -0.05) is 50.1 Å². The van der Waals surface area contributed by atoms with Crippen LogP contribution in [0.4, 0.5) is 0 Å². The fourth-order valence-corrected chi connectivity index (χ4v) is 5.59. The quantitative estimate of drug-likeness (QED) is 0.659. The van der Waals surface area contributed by atoms with Gasteiger partial charge in [-0.2, -0.15) is 0 Å². The molecule has 0 bridgehead atoms. The normalized spacial score (nSPS) is 36.6. The Morgan fingerprint density at radius 2 is 2.17 bits per heavy atom. The van der Waals surface area contributed by atoms with E-state index < -0.39 is 0 Å². The van der Waals surface area contributed by atoms with Crippen molar-refractivity contribution in [3.63, 3.8) is 0 Å². The lowest BCUT2D eigenvalue weighted by molar-refractivity contribution is 0.121. The fourth-order valence-electron chi connectivity index (χ4n) is 5.59. The molecule has 0 unspecified atom stereocenters. The monoisotopic (exact) mass is 308 g/mol. The molecule has 1 N–H and O–H groups in total. The van der Waals surface area contributed by atoms with E-state index in [9.17, 15) is 5.11 Å². The molecule has 0 aliphatic heterocycles. The highest BCUT2D eigenvalue weighted by atomic mass is 16.3. The summed E-state index contributed by atoms with van der Waals surface area (Å²) in [5.41, 5.74) is 4.86. The Labute approximate surface area is 140 Å². The molecular formula is C22H28O. The highest BCUT2D eigenvalue weighted by Gasteiger charge is 2.51. The van der Waals surface area contributed by atoms with Crippen LogP contribution in [0.2, 0.25) is 0 Å². The van der Waals surface area contributed by atoms with E-state index in [4.69, 9.17) is 0 Å². The predicted octanol–water partition coefficient (Wildman–Crippen LogP) is 6.06. The first-order chi connectivity index (χ1) is 11.1. The van der Waals surface area contributed by atoms with Crippen LogP contribution in [0.1, 0.15) is 69.4 Å². The number of hydrogen-bond acceptors (Lipinski definition) is 1. The molecule has 0 aromatic heterocycles. The highest BCUT2D eigenvalue weighted by molar-refractivity contribution is 5.61. The van der Waals surface area contributed by atoms with Gasteiger partial charge in [0.05, 0.1) is 0 Å². The van der Waals surface area contributed by atoms with E-state index in [1.807, 2.05) is 12.1 Å². The summed E-state index contributed by atoms with van der Waals surface area (Å²) < 4.78 is 0. The molecule has 2 fully saturated rings. The average Bonchev–Trinajstić information content (AvgIpc) is 2.89. The molecule has 122 valence electrons. The second-order valence-electron chi connectivity index (χ2n) is 7.98. The van der Waals surface area contributed by atoms with Crippen molar-refractivity contribution in [2.24, 2.45) is 17.3 Å². The maximum atomic E-state index is 9.75. The Morgan fingerprint density at radius 1 is 1.30 bits per heavy atom. The summed E-state index contributed by atoms with van der Waals surface area (Å²) in [4.78, 5) is 0. The fraction of sp³-hybridized carbons (Fsp3) is 0.545. The standard InChI is InChI=1S/C22H28O/c1-3-4-5-16-7-11-21-20-9-6-15-14-17(23)8-10-18(15)19(20)12-13-22(16,21)2/h5-6,8-10,14,19-21,23H,3-4,7,11-13H2,1-2H3/t19-,20-,21+,22-/m1/s1. The van der Waals surface area contributed by atoms with Crippen LogP contribution in [-0.4, -0.2) is 5.11 Å². The topological polar surface area (TPSA) is 20.2 Å². The summed E-state index contributed by atoms with van der Waals surface area (Å²) in [5.74, 6) is 2.51. The highest BCUT2D eigenvalue weighted by Crippen LogP contribution is 2.62. The third kappa shape index (κ3) is 2.28. The van der Waals surface area contributed by atoms with Gasteiger partial charge in [0.25, 0.3) is 0 Å². The van der Waals surface area contributed by atoms with Crippen molar-refractivity contribution >= 4 is 6.08 Å². The van der Waals surface area contributed by atoms with Crippen molar-refractivity contribution in [1.82, 2.24) is 0 Å². The zero-order valence-corrected chi connectivity index (χ0v) is 14.4.